The van der Waals surface area contributed by atoms with E-state index in [1.54, 1.807) is 16.7 Å². The number of carboxylic acid groups (broad SMARTS) is 1. The first kappa shape index (κ1) is 15.1. The van der Waals surface area contributed by atoms with Crippen LogP contribution in [0.5, 0.6) is 0 Å². The number of amides is 2. The predicted molar refractivity (Wildman–Crippen MR) is 72.9 cm³/mol. The summed E-state index contributed by atoms with van der Waals surface area (Å²) in [6.07, 6.45) is 3.97. The van der Waals surface area contributed by atoms with Crippen LogP contribution in [-0.2, 0) is 4.79 Å². The summed E-state index contributed by atoms with van der Waals surface area (Å²) in [7, 11) is 0. The lowest BCUT2D eigenvalue weighted by molar-refractivity contribution is -0.138. The van der Waals surface area contributed by atoms with Crippen LogP contribution in [0.25, 0.3) is 0 Å². The van der Waals surface area contributed by atoms with Crippen LogP contribution < -0.4 is 5.32 Å². The molecule has 1 rings (SSSR count). The minimum Gasteiger partial charge on any atom is -0.481 e. The zero-order valence-electron chi connectivity index (χ0n) is 11.0. The van der Waals surface area contributed by atoms with Crippen molar-refractivity contribution in [3.05, 3.63) is 0 Å². The van der Waals surface area contributed by atoms with Crippen LogP contribution in [0.1, 0.15) is 26.2 Å². The number of urea groups is 1. The molecular formula is C12H22N2O3S. The number of rotatable bonds is 6. The third-order valence-electron chi connectivity index (χ3n) is 3.27. The highest BCUT2D eigenvalue weighted by atomic mass is 32.2. The first-order chi connectivity index (χ1) is 8.52. The molecule has 2 N–H and O–H groups in total. The molecule has 2 atom stereocenters. The summed E-state index contributed by atoms with van der Waals surface area (Å²) >= 11 is 1.79. The number of aliphatic carboxylic acids is 1. The summed E-state index contributed by atoms with van der Waals surface area (Å²) in [6.45, 7) is 4.05. The number of hydrogen-bond donors (Lipinski definition) is 2. The van der Waals surface area contributed by atoms with Crippen molar-refractivity contribution in [1.29, 1.82) is 0 Å². The quantitative estimate of drug-likeness (QED) is 0.772. The topological polar surface area (TPSA) is 69.6 Å². The molecule has 0 aromatic heterocycles. The fraction of sp³-hybridized carbons (Fsp3) is 0.833. The summed E-state index contributed by atoms with van der Waals surface area (Å²) < 4.78 is 0. The van der Waals surface area contributed by atoms with Gasteiger partial charge in [-0.05, 0) is 25.0 Å². The Balaban J connectivity index is 2.21. The van der Waals surface area contributed by atoms with Crippen molar-refractivity contribution < 1.29 is 14.7 Å². The summed E-state index contributed by atoms with van der Waals surface area (Å²) in [4.78, 5) is 24.1. The average molecular weight is 274 g/mol. The Kier molecular flexibility index (Phi) is 6.32. The van der Waals surface area contributed by atoms with E-state index in [2.05, 4.69) is 18.5 Å². The molecule has 0 radical (unpaired) electrons. The normalized spacial score (nSPS) is 20.8. The van der Waals surface area contributed by atoms with Crippen LogP contribution in [0.4, 0.5) is 4.79 Å². The molecule has 0 aliphatic carbocycles. The smallest absolute Gasteiger partial charge is 0.317 e. The van der Waals surface area contributed by atoms with Gasteiger partial charge in [-0.25, -0.2) is 4.79 Å². The van der Waals surface area contributed by atoms with Crippen molar-refractivity contribution in [2.45, 2.75) is 31.4 Å². The van der Waals surface area contributed by atoms with Crippen LogP contribution in [-0.4, -0.2) is 53.1 Å². The molecule has 0 aromatic rings. The van der Waals surface area contributed by atoms with Crippen molar-refractivity contribution >= 4 is 23.8 Å². The fourth-order valence-corrected chi connectivity index (χ4v) is 2.40. The van der Waals surface area contributed by atoms with Crippen LogP contribution in [0.2, 0.25) is 0 Å². The molecule has 18 heavy (non-hydrogen) atoms. The number of carbonyl (C=O) groups is 2. The molecule has 2 unspecified atom stereocenters. The second kappa shape index (κ2) is 7.51. The van der Waals surface area contributed by atoms with Crippen molar-refractivity contribution in [2.24, 2.45) is 5.92 Å². The van der Waals surface area contributed by atoms with Gasteiger partial charge in [0, 0.05) is 31.3 Å². The number of carboxylic acids is 1. The highest BCUT2D eigenvalue weighted by molar-refractivity contribution is 7.99. The average Bonchev–Trinajstić information content (AvgIpc) is 2.76. The summed E-state index contributed by atoms with van der Waals surface area (Å²) in [5.41, 5.74) is 0. The number of carbonyl (C=O) groups excluding carboxylic acids is 1. The third-order valence-corrected chi connectivity index (χ3v) is 4.31. The molecule has 1 saturated heterocycles. The van der Waals surface area contributed by atoms with Gasteiger partial charge in [0.2, 0.25) is 0 Å². The number of likely N-dealkylation sites (tertiary alicyclic amines) is 1. The first-order valence-electron chi connectivity index (χ1n) is 6.30. The van der Waals surface area contributed by atoms with E-state index >= 15 is 0 Å². The van der Waals surface area contributed by atoms with E-state index < -0.39 is 5.97 Å². The van der Waals surface area contributed by atoms with Crippen molar-refractivity contribution in [3.63, 3.8) is 0 Å². The van der Waals surface area contributed by atoms with Gasteiger partial charge in [-0.15, -0.1) is 0 Å². The van der Waals surface area contributed by atoms with Gasteiger partial charge in [0.05, 0.1) is 0 Å². The molecule has 1 aliphatic heterocycles. The molecule has 0 spiro atoms. The van der Waals surface area contributed by atoms with Crippen molar-refractivity contribution in [1.82, 2.24) is 10.2 Å². The van der Waals surface area contributed by atoms with E-state index in [4.69, 9.17) is 5.11 Å². The SMILES string of the molecule is CSC(C)CCNC(=O)N1CCC(CC(=O)O)C1. The Labute approximate surface area is 112 Å². The second-order valence-electron chi connectivity index (χ2n) is 4.77. The van der Waals surface area contributed by atoms with Gasteiger partial charge < -0.3 is 15.3 Å². The monoisotopic (exact) mass is 274 g/mol. The molecule has 104 valence electrons. The highest BCUT2D eigenvalue weighted by Gasteiger charge is 2.27. The second-order valence-corrected chi connectivity index (χ2v) is 6.04. The maximum atomic E-state index is 11.8. The number of nitrogens with one attached hydrogen (secondary N) is 1. The lowest BCUT2D eigenvalue weighted by Gasteiger charge is -2.17. The third kappa shape index (κ3) is 5.16. The van der Waals surface area contributed by atoms with Gasteiger partial charge in [0.25, 0.3) is 0 Å². The van der Waals surface area contributed by atoms with E-state index in [1.807, 2.05) is 0 Å². The lowest BCUT2D eigenvalue weighted by Crippen LogP contribution is -2.39. The summed E-state index contributed by atoms with van der Waals surface area (Å²) in [6, 6.07) is -0.0591. The first-order valence-corrected chi connectivity index (χ1v) is 7.59. The van der Waals surface area contributed by atoms with Gasteiger partial charge in [-0.2, -0.15) is 11.8 Å². The van der Waals surface area contributed by atoms with E-state index in [9.17, 15) is 9.59 Å². The van der Waals surface area contributed by atoms with Crippen LogP contribution >= 0.6 is 11.8 Å². The van der Waals surface area contributed by atoms with Gasteiger partial charge >= 0.3 is 12.0 Å². The van der Waals surface area contributed by atoms with Crippen molar-refractivity contribution in [3.8, 4) is 0 Å². The Morgan fingerprint density at radius 2 is 2.28 bits per heavy atom. The minimum absolute atomic E-state index is 0.0591. The van der Waals surface area contributed by atoms with Crippen LogP contribution in [0.3, 0.4) is 0 Å². The molecule has 1 heterocycles. The lowest BCUT2D eigenvalue weighted by atomic mass is 10.1. The molecule has 6 heteroatoms. The number of thioether (sulfide) groups is 1. The Hall–Kier alpha value is -0.910. The van der Waals surface area contributed by atoms with Gasteiger partial charge in [-0.1, -0.05) is 6.92 Å². The zero-order valence-corrected chi connectivity index (χ0v) is 11.8. The number of nitrogens with zero attached hydrogens (tertiary/aromatic N) is 1. The van der Waals surface area contributed by atoms with E-state index in [1.165, 1.54) is 0 Å². The van der Waals surface area contributed by atoms with E-state index in [0.717, 1.165) is 12.8 Å². The van der Waals surface area contributed by atoms with Gasteiger partial charge in [0.15, 0.2) is 0 Å². The van der Waals surface area contributed by atoms with Gasteiger partial charge in [0.1, 0.15) is 0 Å². The zero-order chi connectivity index (χ0) is 13.5. The van der Waals surface area contributed by atoms with Crippen molar-refractivity contribution in [2.75, 3.05) is 25.9 Å². The largest absolute Gasteiger partial charge is 0.481 e. The maximum Gasteiger partial charge on any atom is 0.317 e. The maximum absolute atomic E-state index is 11.8. The molecular weight excluding hydrogens is 252 g/mol. The molecule has 0 saturated carbocycles. The highest BCUT2D eigenvalue weighted by Crippen LogP contribution is 2.19. The van der Waals surface area contributed by atoms with Gasteiger partial charge in [-0.3, -0.25) is 4.79 Å². The standard InChI is InChI=1S/C12H22N2O3S/c1-9(18-2)3-5-13-12(17)14-6-4-10(8-14)7-11(15)16/h9-10H,3-8H2,1-2H3,(H,13,17)(H,15,16). The van der Waals surface area contributed by atoms with Crippen LogP contribution in [0.15, 0.2) is 0 Å². The molecule has 0 bridgehead atoms. The van der Waals surface area contributed by atoms with E-state index in [0.29, 0.717) is 24.9 Å². The molecule has 1 fully saturated rings. The molecule has 0 aromatic carbocycles. The van der Waals surface area contributed by atoms with Crippen LogP contribution in [0, 0.1) is 5.92 Å². The number of hydrogen-bond acceptors (Lipinski definition) is 3. The summed E-state index contributed by atoms with van der Waals surface area (Å²) in [5.74, 6) is -0.672. The Morgan fingerprint density at radius 1 is 1.56 bits per heavy atom. The molecule has 5 nitrogen and oxygen atoms in total. The molecule has 2 amide bonds. The summed E-state index contributed by atoms with van der Waals surface area (Å²) in [5, 5.41) is 12.1. The Bertz CT molecular complexity index is 299. The van der Waals surface area contributed by atoms with E-state index in [-0.39, 0.29) is 18.4 Å². The predicted octanol–water partition coefficient (Wildman–Crippen LogP) is 1.63. The Morgan fingerprint density at radius 3 is 2.89 bits per heavy atom. The molecule has 1 aliphatic rings. The fourth-order valence-electron chi connectivity index (χ4n) is 2.04. The minimum atomic E-state index is -0.781.